The first-order valence-electron chi connectivity index (χ1n) is 19.2. The van der Waals surface area contributed by atoms with Crippen molar-refractivity contribution < 1.29 is 48.5 Å². The molecule has 1 aromatic heterocycles. The van der Waals surface area contributed by atoms with Crippen LogP contribution >= 0.6 is 11.3 Å². The summed E-state index contributed by atoms with van der Waals surface area (Å²) < 4.78 is 13.9. The van der Waals surface area contributed by atoms with Gasteiger partial charge in [-0.25, -0.2) is 4.39 Å². The number of nitrogens with one attached hydrogen (secondary N) is 4. The Hall–Kier alpha value is -6.55. The zero-order chi connectivity index (χ0) is 42.8. The molecular formula is C45H43FN4O9S. The number of halogens is 1. The van der Waals surface area contributed by atoms with Gasteiger partial charge in [-0.15, -0.1) is 11.3 Å². The molecule has 2 aliphatic rings. The van der Waals surface area contributed by atoms with E-state index >= 15 is 0 Å². The summed E-state index contributed by atoms with van der Waals surface area (Å²) in [6.07, 6.45) is -5.52. The molecule has 0 aliphatic carbocycles. The van der Waals surface area contributed by atoms with Crippen molar-refractivity contribution in [3.05, 3.63) is 148 Å². The van der Waals surface area contributed by atoms with Gasteiger partial charge in [-0.05, 0) is 76.4 Å². The van der Waals surface area contributed by atoms with Crippen molar-refractivity contribution >= 4 is 52.4 Å². The van der Waals surface area contributed by atoms with Gasteiger partial charge >= 0.3 is 5.97 Å². The lowest BCUT2D eigenvalue weighted by Gasteiger charge is -2.26. The lowest BCUT2D eigenvalue weighted by Crippen LogP contribution is -2.58. The second-order valence-electron chi connectivity index (χ2n) is 14.6. The topological polar surface area (TPSA) is 211 Å². The van der Waals surface area contributed by atoms with Crippen LogP contribution in [0, 0.1) is 11.7 Å². The highest BCUT2D eigenvalue weighted by Gasteiger charge is 2.36. The van der Waals surface area contributed by atoms with Crippen molar-refractivity contribution in [2.75, 3.05) is 5.32 Å². The number of Topliss-reactive ketones (excluding diaryl/α,β-unsaturated/α-hetero) is 1. The SMILES string of the molecule is O=C(O)[C@H]1CC(=O)[C@@H](Cc2ccc(F)cc2)NC(=O)[C@H](Cc2ccc(-c3ccccc3)cc2)NC(=O)[C@@H](Cc2cccs2)NC(=O)[C@H](O)[C@@H](O)C(=O)Nc2ccc(cc2)C1. The number of carbonyl (C=O) groups excluding carboxylic acids is 5. The molecule has 0 fully saturated rings. The maximum absolute atomic E-state index is 14.4. The molecular weight excluding hydrogens is 792 g/mol. The number of aliphatic carboxylic acids is 1. The minimum atomic E-state index is -2.31. The third-order valence-corrected chi connectivity index (χ3v) is 11.0. The molecule has 5 aromatic rings. The number of thiophene rings is 1. The summed E-state index contributed by atoms with van der Waals surface area (Å²) in [6, 6.07) is 27.3. The highest BCUT2D eigenvalue weighted by atomic mass is 32.1. The second kappa shape index (κ2) is 19.9. The Kier molecular flexibility index (Phi) is 14.3. The number of aliphatic hydroxyl groups excluding tert-OH is 2. The van der Waals surface area contributed by atoms with Crippen molar-refractivity contribution in [1.82, 2.24) is 16.0 Å². The summed E-state index contributed by atoms with van der Waals surface area (Å²) in [5.41, 5.74) is 3.56. The molecule has 4 aromatic carbocycles. The monoisotopic (exact) mass is 834 g/mol. The standard InChI is InChI=1S/C45H43FN4O9S/c46-32-16-10-28(11-17-32)22-35-38(51)24-31(45(58)59)21-26-12-18-33(19-13-26)47-43(56)39(52)40(53)44(57)50-37(25-34-7-4-20-60-34)42(55)49-36(41(54)48-35)23-27-8-14-30(15-9-27)29-5-2-1-3-6-29/h1-20,31,35-37,39-40,52-53H,21-25H2,(H,47,56)(H,48,54)(H,49,55)(H,50,57)(H,58,59)/t31-,35-,36+,37-,39-,40-/m1/s1. The lowest BCUT2D eigenvalue weighted by molar-refractivity contribution is -0.145. The van der Waals surface area contributed by atoms with Gasteiger partial charge in [0.25, 0.3) is 11.8 Å². The zero-order valence-electron chi connectivity index (χ0n) is 32.1. The Morgan fingerprint density at radius 2 is 1.15 bits per heavy atom. The first kappa shape index (κ1) is 43.0. The molecule has 0 radical (unpaired) electrons. The molecule has 0 unspecified atom stereocenters. The van der Waals surface area contributed by atoms with Crippen LogP contribution in [0.1, 0.15) is 28.0 Å². The summed E-state index contributed by atoms with van der Waals surface area (Å²) in [7, 11) is 0. The van der Waals surface area contributed by atoms with Crippen LogP contribution in [-0.4, -0.2) is 81.0 Å². The number of aliphatic hydroxyl groups is 2. The number of fused-ring (bicyclic) bond motifs is 18. The number of carboxylic acid groups (broad SMARTS) is 1. The molecule has 4 amide bonds. The summed E-state index contributed by atoms with van der Waals surface area (Å²) in [6.45, 7) is 0. The second-order valence-corrected chi connectivity index (χ2v) is 15.6. The first-order valence-corrected chi connectivity index (χ1v) is 20.0. The van der Waals surface area contributed by atoms with Crippen LogP contribution in [0.3, 0.4) is 0 Å². The van der Waals surface area contributed by atoms with Crippen molar-refractivity contribution in [3.8, 4) is 11.1 Å². The average molecular weight is 835 g/mol. The fourth-order valence-corrected chi connectivity index (χ4v) is 7.55. The summed E-state index contributed by atoms with van der Waals surface area (Å²) in [5, 5.41) is 43.7. The average Bonchev–Trinajstić information content (AvgIpc) is 3.77. The van der Waals surface area contributed by atoms with E-state index in [0.29, 0.717) is 21.6 Å². The van der Waals surface area contributed by atoms with E-state index in [1.807, 2.05) is 42.5 Å². The summed E-state index contributed by atoms with van der Waals surface area (Å²) in [5.74, 6) is -7.71. The number of carboxylic acids is 1. The van der Waals surface area contributed by atoms with Crippen molar-refractivity contribution in [2.45, 2.75) is 62.4 Å². The van der Waals surface area contributed by atoms with Crippen LogP contribution in [0.2, 0.25) is 0 Å². The van der Waals surface area contributed by atoms with E-state index in [1.165, 1.54) is 59.9 Å². The maximum atomic E-state index is 14.4. The molecule has 0 saturated heterocycles. The number of ketones is 1. The largest absolute Gasteiger partial charge is 0.481 e. The number of hydrogen-bond acceptors (Lipinski definition) is 9. The molecule has 2 bridgehead atoms. The van der Waals surface area contributed by atoms with Crippen molar-refractivity contribution in [3.63, 3.8) is 0 Å². The minimum Gasteiger partial charge on any atom is -0.481 e. The molecule has 60 heavy (non-hydrogen) atoms. The van der Waals surface area contributed by atoms with Gasteiger partial charge in [-0.3, -0.25) is 28.8 Å². The van der Waals surface area contributed by atoms with Gasteiger partial charge in [0.05, 0.1) is 12.0 Å². The molecule has 2 aliphatic heterocycles. The first-order chi connectivity index (χ1) is 28.8. The predicted molar refractivity (Wildman–Crippen MR) is 221 cm³/mol. The Morgan fingerprint density at radius 1 is 0.600 bits per heavy atom. The van der Waals surface area contributed by atoms with Gasteiger partial charge in [-0.2, -0.15) is 0 Å². The molecule has 310 valence electrons. The third-order valence-electron chi connectivity index (χ3n) is 10.1. The molecule has 15 heteroatoms. The molecule has 7 rings (SSSR count). The number of carbonyl (C=O) groups is 6. The molecule has 0 saturated carbocycles. The normalized spacial score (nSPS) is 22.1. The van der Waals surface area contributed by atoms with Crippen molar-refractivity contribution in [1.29, 1.82) is 0 Å². The van der Waals surface area contributed by atoms with Crippen LogP contribution in [0.5, 0.6) is 0 Å². The third kappa shape index (κ3) is 11.6. The fourth-order valence-electron chi connectivity index (χ4n) is 6.79. The van der Waals surface area contributed by atoms with E-state index in [0.717, 1.165) is 11.1 Å². The molecule has 3 heterocycles. The van der Waals surface area contributed by atoms with Crippen LogP contribution in [0.25, 0.3) is 11.1 Å². The van der Waals surface area contributed by atoms with E-state index in [1.54, 1.807) is 29.6 Å². The van der Waals surface area contributed by atoms with Crippen LogP contribution in [-0.2, 0) is 54.5 Å². The smallest absolute Gasteiger partial charge is 0.307 e. The Morgan fingerprint density at radius 3 is 1.77 bits per heavy atom. The van der Waals surface area contributed by atoms with Crippen LogP contribution in [0.15, 0.2) is 121 Å². The number of anilines is 1. The Labute approximate surface area is 348 Å². The van der Waals surface area contributed by atoms with E-state index in [9.17, 15) is 48.5 Å². The van der Waals surface area contributed by atoms with E-state index in [-0.39, 0.29) is 31.4 Å². The van der Waals surface area contributed by atoms with Crippen molar-refractivity contribution in [2.24, 2.45) is 5.92 Å². The van der Waals surface area contributed by atoms with Gasteiger partial charge in [0.15, 0.2) is 18.0 Å². The highest BCUT2D eigenvalue weighted by molar-refractivity contribution is 7.09. The number of benzene rings is 4. The minimum absolute atomic E-state index is 0.0982. The van der Waals surface area contributed by atoms with Gasteiger partial charge in [-0.1, -0.05) is 84.9 Å². The van der Waals surface area contributed by atoms with Crippen LogP contribution in [0.4, 0.5) is 10.1 Å². The summed E-state index contributed by atoms with van der Waals surface area (Å²) in [4.78, 5) is 82.2. The number of rotatable bonds is 8. The molecule has 13 nitrogen and oxygen atoms in total. The molecule has 6 atom stereocenters. The molecule has 0 spiro atoms. The van der Waals surface area contributed by atoms with E-state index in [2.05, 4.69) is 21.3 Å². The van der Waals surface area contributed by atoms with Gasteiger partial charge in [0.1, 0.15) is 17.9 Å². The maximum Gasteiger partial charge on any atom is 0.307 e. The van der Waals surface area contributed by atoms with Gasteiger partial charge < -0.3 is 36.6 Å². The quantitative estimate of drug-likeness (QED) is 0.114. The van der Waals surface area contributed by atoms with E-state index in [4.69, 9.17) is 0 Å². The summed E-state index contributed by atoms with van der Waals surface area (Å²) >= 11 is 1.28. The number of amides is 4. The predicted octanol–water partition coefficient (Wildman–Crippen LogP) is 3.61. The molecule has 7 N–H and O–H groups in total. The fraction of sp³-hybridized carbons (Fsp3) is 0.244. The van der Waals surface area contributed by atoms with Crippen LogP contribution < -0.4 is 21.3 Å². The highest BCUT2D eigenvalue weighted by Crippen LogP contribution is 2.22. The van der Waals surface area contributed by atoms with E-state index < -0.39 is 83.9 Å². The van der Waals surface area contributed by atoms with Gasteiger partial charge in [0, 0.05) is 29.8 Å². The van der Waals surface area contributed by atoms with Gasteiger partial charge in [0.2, 0.25) is 11.8 Å². The zero-order valence-corrected chi connectivity index (χ0v) is 32.9. The lowest BCUT2D eigenvalue weighted by atomic mass is 9.90. The Bertz CT molecular complexity index is 2290. The number of hydrogen-bond donors (Lipinski definition) is 7. The Balaban J connectivity index is 1.37.